The predicted octanol–water partition coefficient (Wildman–Crippen LogP) is 3.11. The number of benzene rings is 1. The van der Waals surface area contributed by atoms with Crippen molar-refractivity contribution in [3.8, 4) is 0 Å². The van der Waals surface area contributed by atoms with E-state index in [1.54, 1.807) is 0 Å². The maximum atomic E-state index is 13.7. The van der Waals surface area contributed by atoms with E-state index in [-0.39, 0.29) is 5.69 Å². The number of hydrogen-bond acceptors (Lipinski definition) is 5. The van der Waals surface area contributed by atoms with Crippen LogP contribution >= 0.6 is 0 Å². The lowest BCUT2D eigenvalue weighted by atomic mass is 10.1. The zero-order chi connectivity index (χ0) is 19.9. The molecule has 1 unspecified atom stereocenters. The Labute approximate surface area is 144 Å². The van der Waals surface area contributed by atoms with Crippen molar-refractivity contribution in [1.29, 1.82) is 0 Å². The van der Waals surface area contributed by atoms with Crippen molar-refractivity contribution in [3.63, 3.8) is 0 Å². The minimum Gasteiger partial charge on any atom is -0.362 e. The number of nitrogens with zero attached hydrogens (tertiary/aromatic N) is 2. The SMILES string of the molecule is O=[N+]([O-])c1ccc(N2CC(F)(F)CC2CCS(=O)(=O)O)cc1C(F)(F)F. The molecule has 0 radical (unpaired) electrons. The summed E-state index contributed by atoms with van der Waals surface area (Å²) >= 11 is 0. The van der Waals surface area contributed by atoms with Crippen molar-refractivity contribution >= 4 is 21.5 Å². The van der Waals surface area contributed by atoms with Gasteiger partial charge in [0.15, 0.2) is 0 Å². The monoisotopic (exact) mass is 404 g/mol. The van der Waals surface area contributed by atoms with Gasteiger partial charge in [-0.1, -0.05) is 0 Å². The van der Waals surface area contributed by atoms with Crippen LogP contribution in [0.4, 0.5) is 33.3 Å². The van der Waals surface area contributed by atoms with Gasteiger partial charge in [-0.05, 0) is 18.6 Å². The molecule has 1 aliphatic heterocycles. The molecule has 2 rings (SSSR count). The van der Waals surface area contributed by atoms with E-state index in [9.17, 15) is 40.5 Å². The summed E-state index contributed by atoms with van der Waals surface area (Å²) in [6.45, 7) is -0.974. The second-order valence-electron chi connectivity index (χ2n) is 5.87. The zero-order valence-electron chi connectivity index (χ0n) is 12.9. The average Bonchev–Trinajstić information content (AvgIpc) is 2.78. The van der Waals surface area contributed by atoms with Crippen LogP contribution in [0.1, 0.15) is 18.4 Å². The number of nitro benzene ring substituents is 1. The fraction of sp³-hybridized carbons (Fsp3) is 0.538. The van der Waals surface area contributed by atoms with Crippen LogP contribution in [-0.4, -0.2) is 42.2 Å². The molecule has 1 atom stereocenters. The van der Waals surface area contributed by atoms with Crippen molar-refractivity contribution < 1.29 is 39.8 Å². The number of nitro groups is 1. The van der Waals surface area contributed by atoms with Gasteiger partial charge in [0.05, 0.1) is 17.2 Å². The topological polar surface area (TPSA) is 101 Å². The van der Waals surface area contributed by atoms with Gasteiger partial charge in [0.25, 0.3) is 21.7 Å². The van der Waals surface area contributed by atoms with Crippen LogP contribution in [-0.2, 0) is 16.3 Å². The van der Waals surface area contributed by atoms with Gasteiger partial charge in [-0.3, -0.25) is 14.7 Å². The molecular weight excluding hydrogens is 391 g/mol. The minimum absolute atomic E-state index is 0.347. The van der Waals surface area contributed by atoms with Crippen LogP contribution in [0.2, 0.25) is 0 Å². The minimum atomic E-state index is -5.08. The maximum absolute atomic E-state index is 13.7. The van der Waals surface area contributed by atoms with Crippen molar-refractivity contribution in [1.82, 2.24) is 0 Å². The smallest absolute Gasteiger partial charge is 0.362 e. The molecule has 1 aliphatic rings. The van der Waals surface area contributed by atoms with Crippen molar-refractivity contribution in [2.75, 3.05) is 17.2 Å². The molecule has 146 valence electrons. The molecule has 0 saturated carbocycles. The van der Waals surface area contributed by atoms with E-state index in [2.05, 4.69) is 0 Å². The summed E-state index contributed by atoms with van der Waals surface area (Å²) in [5, 5.41) is 10.8. The highest BCUT2D eigenvalue weighted by molar-refractivity contribution is 7.85. The van der Waals surface area contributed by atoms with Crippen LogP contribution in [0.25, 0.3) is 0 Å². The lowest BCUT2D eigenvalue weighted by Gasteiger charge is -2.26. The van der Waals surface area contributed by atoms with Gasteiger partial charge >= 0.3 is 6.18 Å². The third kappa shape index (κ3) is 4.78. The largest absolute Gasteiger partial charge is 0.423 e. The third-order valence-corrected chi connectivity index (χ3v) is 4.65. The first-order valence-corrected chi connectivity index (χ1v) is 8.76. The van der Waals surface area contributed by atoms with Crippen LogP contribution in [0.15, 0.2) is 18.2 Å². The number of hydrogen-bond donors (Lipinski definition) is 1. The maximum Gasteiger partial charge on any atom is 0.423 e. The third-order valence-electron chi connectivity index (χ3n) is 3.90. The molecule has 1 fully saturated rings. The molecule has 0 amide bonds. The summed E-state index contributed by atoms with van der Waals surface area (Å²) in [6.07, 6.45) is -6.34. The Balaban J connectivity index is 2.42. The number of halogens is 5. The second-order valence-corrected chi connectivity index (χ2v) is 7.44. The molecule has 1 aromatic rings. The highest BCUT2D eigenvalue weighted by Gasteiger charge is 2.46. The van der Waals surface area contributed by atoms with Crippen molar-refractivity contribution in [2.24, 2.45) is 0 Å². The Morgan fingerprint density at radius 3 is 2.46 bits per heavy atom. The summed E-state index contributed by atoms with van der Waals surface area (Å²) < 4.78 is 97.0. The van der Waals surface area contributed by atoms with Gasteiger partial charge in [-0.15, -0.1) is 0 Å². The molecule has 0 bridgehead atoms. The fourth-order valence-electron chi connectivity index (χ4n) is 2.83. The van der Waals surface area contributed by atoms with Crippen molar-refractivity contribution in [2.45, 2.75) is 31.0 Å². The fourth-order valence-corrected chi connectivity index (χ4v) is 3.40. The van der Waals surface area contributed by atoms with E-state index in [1.807, 2.05) is 0 Å². The standard InChI is InChI=1S/C13H13F5N2O5S/c14-12(15)6-9(3-4-26(23,24)25)19(7-12)8-1-2-11(20(21)22)10(5-8)13(16,17)18/h1-2,5,9H,3-4,6-7H2,(H,23,24,25). The predicted molar refractivity (Wildman–Crippen MR) is 79.8 cm³/mol. The van der Waals surface area contributed by atoms with Gasteiger partial charge in [0.1, 0.15) is 5.56 Å². The van der Waals surface area contributed by atoms with Gasteiger partial charge in [-0.25, -0.2) is 8.78 Å². The molecule has 0 aliphatic carbocycles. The summed E-state index contributed by atoms with van der Waals surface area (Å²) in [5.74, 6) is -4.13. The van der Waals surface area contributed by atoms with Gasteiger partial charge in [-0.2, -0.15) is 21.6 Å². The van der Waals surface area contributed by atoms with Crippen LogP contribution < -0.4 is 4.90 Å². The first kappa shape index (κ1) is 20.3. The Bertz CT molecular complexity index is 812. The summed E-state index contributed by atoms with van der Waals surface area (Å²) in [7, 11) is -4.44. The van der Waals surface area contributed by atoms with E-state index >= 15 is 0 Å². The van der Waals surface area contributed by atoms with Crippen molar-refractivity contribution in [3.05, 3.63) is 33.9 Å². The molecule has 1 N–H and O–H groups in total. The van der Waals surface area contributed by atoms with Gasteiger partial charge < -0.3 is 4.90 Å². The first-order chi connectivity index (χ1) is 11.7. The number of rotatable bonds is 5. The molecular formula is C13H13F5N2O5S. The van der Waals surface area contributed by atoms with Gasteiger partial charge in [0, 0.05) is 24.2 Å². The molecule has 26 heavy (non-hydrogen) atoms. The normalized spacial score (nSPS) is 20.4. The number of anilines is 1. The lowest BCUT2D eigenvalue weighted by molar-refractivity contribution is -0.388. The highest BCUT2D eigenvalue weighted by atomic mass is 32.2. The first-order valence-electron chi connectivity index (χ1n) is 7.15. The van der Waals surface area contributed by atoms with Crippen LogP contribution in [0.3, 0.4) is 0 Å². The van der Waals surface area contributed by atoms with Crippen LogP contribution in [0, 0.1) is 10.1 Å². The van der Waals surface area contributed by atoms with E-state index < -0.39 is 69.6 Å². The number of alkyl halides is 5. The zero-order valence-corrected chi connectivity index (χ0v) is 13.7. The van der Waals surface area contributed by atoms with Crippen LogP contribution in [0.5, 0.6) is 0 Å². The van der Waals surface area contributed by atoms with E-state index in [0.29, 0.717) is 12.1 Å². The molecule has 13 heteroatoms. The molecule has 7 nitrogen and oxygen atoms in total. The average molecular weight is 404 g/mol. The summed E-state index contributed by atoms with van der Waals surface area (Å²) in [5.41, 5.74) is -3.16. The summed E-state index contributed by atoms with van der Waals surface area (Å²) in [6, 6.07) is 0.693. The summed E-state index contributed by atoms with van der Waals surface area (Å²) in [4.78, 5) is 10.4. The Hall–Kier alpha value is -2.02. The molecule has 1 heterocycles. The molecule has 1 saturated heterocycles. The van der Waals surface area contributed by atoms with E-state index in [0.717, 1.165) is 11.0 Å². The molecule has 0 spiro atoms. The Morgan fingerprint density at radius 1 is 1.35 bits per heavy atom. The highest BCUT2D eigenvalue weighted by Crippen LogP contribution is 2.42. The van der Waals surface area contributed by atoms with E-state index in [1.165, 1.54) is 0 Å². The second kappa shape index (κ2) is 6.61. The quantitative estimate of drug-likeness (QED) is 0.350. The molecule has 0 aromatic heterocycles. The van der Waals surface area contributed by atoms with Gasteiger partial charge in [0.2, 0.25) is 0 Å². The molecule has 1 aromatic carbocycles. The Kier molecular flexibility index (Phi) is 5.16. The lowest BCUT2D eigenvalue weighted by Crippen LogP contribution is -2.32. The Morgan fingerprint density at radius 2 is 1.96 bits per heavy atom. The van der Waals surface area contributed by atoms with E-state index in [4.69, 9.17) is 4.55 Å².